The Bertz CT molecular complexity index is 451. The number of rotatable bonds is 8. The lowest BCUT2D eigenvalue weighted by molar-refractivity contribution is -0.133. The molecule has 0 aliphatic carbocycles. The SMILES string of the molecule is CCCN(CCC)C(=O)COc1ccccc1C(C)=O. The van der Waals surface area contributed by atoms with E-state index in [4.69, 9.17) is 4.74 Å². The van der Waals surface area contributed by atoms with Crippen LogP contribution in [0.15, 0.2) is 24.3 Å². The van der Waals surface area contributed by atoms with Crippen molar-refractivity contribution >= 4 is 11.7 Å². The number of benzene rings is 1. The Morgan fingerprint density at radius 2 is 1.70 bits per heavy atom. The van der Waals surface area contributed by atoms with Crippen molar-refractivity contribution in [2.75, 3.05) is 19.7 Å². The number of Topliss-reactive ketones (excluding diaryl/α,β-unsaturated/α-hetero) is 1. The fraction of sp³-hybridized carbons (Fsp3) is 0.500. The Balaban J connectivity index is 2.66. The Labute approximate surface area is 120 Å². The normalized spacial score (nSPS) is 10.2. The third-order valence-electron chi connectivity index (χ3n) is 2.96. The van der Waals surface area contributed by atoms with Gasteiger partial charge in [0.1, 0.15) is 5.75 Å². The molecule has 0 fully saturated rings. The molecule has 0 aromatic heterocycles. The summed E-state index contributed by atoms with van der Waals surface area (Å²) in [6, 6.07) is 7.00. The number of hydrogen-bond acceptors (Lipinski definition) is 3. The van der Waals surface area contributed by atoms with E-state index in [1.807, 2.05) is 13.8 Å². The lowest BCUT2D eigenvalue weighted by Gasteiger charge is -2.21. The maximum Gasteiger partial charge on any atom is 0.260 e. The molecule has 1 aromatic rings. The second-order valence-electron chi connectivity index (χ2n) is 4.72. The molecule has 1 aromatic carbocycles. The quantitative estimate of drug-likeness (QED) is 0.686. The highest BCUT2D eigenvalue weighted by Gasteiger charge is 2.14. The summed E-state index contributed by atoms with van der Waals surface area (Å²) in [5.41, 5.74) is 0.512. The van der Waals surface area contributed by atoms with E-state index in [9.17, 15) is 9.59 Å². The topological polar surface area (TPSA) is 46.6 Å². The lowest BCUT2D eigenvalue weighted by atomic mass is 10.1. The minimum atomic E-state index is -0.0629. The van der Waals surface area contributed by atoms with Gasteiger partial charge in [-0.25, -0.2) is 0 Å². The molecule has 1 amide bonds. The fourth-order valence-corrected chi connectivity index (χ4v) is 2.02. The first kappa shape index (κ1) is 16.2. The highest BCUT2D eigenvalue weighted by Crippen LogP contribution is 2.18. The summed E-state index contributed by atoms with van der Waals surface area (Å²) >= 11 is 0. The van der Waals surface area contributed by atoms with Crippen LogP contribution in [0.4, 0.5) is 0 Å². The molecule has 0 bridgehead atoms. The molecule has 0 radical (unpaired) electrons. The zero-order valence-electron chi connectivity index (χ0n) is 12.5. The summed E-state index contributed by atoms with van der Waals surface area (Å²) in [6.07, 6.45) is 1.85. The Morgan fingerprint density at radius 3 is 2.25 bits per heavy atom. The van der Waals surface area contributed by atoms with E-state index in [0.717, 1.165) is 25.9 Å². The zero-order chi connectivity index (χ0) is 15.0. The van der Waals surface area contributed by atoms with E-state index >= 15 is 0 Å². The molecule has 0 unspecified atom stereocenters. The maximum atomic E-state index is 12.1. The van der Waals surface area contributed by atoms with Crippen molar-refractivity contribution in [2.24, 2.45) is 0 Å². The number of hydrogen-bond donors (Lipinski definition) is 0. The van der Waals surface area contributed by atoms with Gasteiger partial charge in [0.05, 0.1) is 5.56 Å². The second kappa shape index (κ2) is 8.35. The zero-order valence-corrected chi connectivity index (χ0v) is 12.5. The maximum absolute atomic E-state index is 12.1. The molecule has 0 saturated heterocycles. The van der Waals surface area contributed by atoms with Gasteiger partial charge >= 0.3 is 0 Å². The first-order valence-corrected chi connectivity index (χ1v) is 7.10. The first-order valence-electron chi connectivity index (χ1n) is 7.10. The van der Waals surface area contributed by atoms with Crippen LogP contribution < -0.4 is 4.74 Å². The van der Waals surface area contributed by atoms with Crippen LogP contribution >= 0.6 is 0 Å². The summed E-state index contributed by atoms with van der Waals surface area (Å²) in [7, 11) is 0. The van der Waals surface area contributed by atoms with E-state index in [1.165, 1.54) is 6.92 Å². The molecular formula is C16H23NO3. The van der Waals surface area contributed by atoms with Crippen molar-refractivity contribution in [1.29, 1.82) is 0 Å². The van der Waals surface area contributed by atoms with Gasteiger partial charge in [-0.05, 0) is 31.9 Å². The van der Waals surface area contributed by atoms with Gasteiger partial charge in [-0.2, -0.15) is 0 Å². The molecule has 0 saturated carbocycles. The molecule has 110 valence electrons. The molecule has 0 heterocycles. The van der Waals surface area contributed by atoms with E-state index in [0.29, 0.717) is 11.3 Å². The molecule has 20 heavy (non-hydrogen) atoms. The molecular weight excluding hydrogens is 254 g/mol. The average molecular weight is 277 g/mol. The van der Waals surface area contributed by atoms with Gasteiger partial charge < -0.3 is 9.64 Å². The molecule has 0 aliphatic heterocycles. The summed E-state index contributed by atoms with van der Waals surface area (Å²) in [6.45, 7) is 7.03. The number of carbonyl (C=O) groups excluding carboxylic acids is 2. The van der Waals surface area contributed by atoms with Crippen molar-refractivity contribution in [3.63, 3.8) is 0 Å². The van der Waals surface area contributed by atoms with E-state index in [2.05, 4.69) is 0 Å². The number of ether oxygens (including phenoxy) is 1. The van der Waals surface area contributed by atoms with Crippen LogP contribution in [0.1, 0.15) is 44.0 Å². The summed E-state index contributed by atoms with van der Waals surface area (Å²) in [4.78, 5) is 25.4. The number of para-hydroxylation sites is 1. The van der Waals surface area contributed by atoms with Gasteiger partial charge in [-0.3, -0.25) is 9.59 Å². The van der Waals surface area contributed by atoms with Crippen molar-refractivity contribution in [3.8, 4) is 5.75 Å². The van der Waals surface area contributed by atoms with Crippen LogP contribution in [0.2, 0.25) is 0 Å². The van der Waals surface area contributed by atoms with Crippen LogP contribution in [0.5, 0.6) is 5.75 Å². The highest BCUT2D eigenvalue weighted by atomic mass is 16.5. The minimum Gasteiger partial charge on any atom is -0.483 e. The van der Waals surface area contributed by atoms with Gasteiger partial charge in [-0.15, -0.1) is 0 Å². The van der Waals surface area contributed by atoms with Gasteiger partial charge in [0.25, 0.3) is 5.91 Å². The lowest BCUT2D eigenvalue weighted by Crippen LogP contribution is -2.36. The standard InChI is InChI=1S/C16H23NO3/c1-4-10-17(11-5-2)16(19)12-20-15-9-7-6-8-14(15)13(3)18/h6-9H,4-5,10-12H2,1-3H3. The van der Waals surface area contributed by atoms with Gasteiger partial charge in [0.2, 0.25) is 0 Å². The number of ketones is 1. The summed E-state index contributed by atoms with van der Waals surface area (Å²) < 4.78 is 5.52. The highest BCUT2D eigenvalue weighted by molar-refractivity contribution is 5.96. The van der Waals surface area contributed by atoms with Gasteiger partial charge in [0, 0.05) is 13.1 Å². The summed E-state index contributed by atoms with van der Waals surface area (Å²) in [5, 5.41) is 0. The molecule has 0 aliphatic rings. The molecule has 4 heteroatoms. The van der Waals surface area contributed by atoms with Gasteiger partial charge in [-0.1, -0.05) is 26.0 Å². The molecule has 0 spiro atoms. The largest absolute Gasteiger partial charge is 0.483 e. The number of amides is 1. The number of nitrogens with zero attached hydrogens (tertiary/aromatic N) is 1. The Hall–Kier alpha value is -1.84. The molecule has 0 atom stereocenters. The predicted molar refractivity (Wildman–Crippen MR) is 79.1 cm³/mol. The van der Waals surface area contributed by atoms with Crippen LogP contribution in [0.25, 0.3) is 0 Å². The number of carbonyl (C=O) groups is 2. The average Bonchev–Trinajstić information content (AvgIpc) is 2.44. The first-order chi connectivity index (χ1) is 9.60. The summed E-state index contributed by atoms with van der Waals surface area (Å²) in [5.74, 6) is 0.375. The smallest absolute Gasteiger partial charge is 0.260 e. The molecule has 4 nitrogen and oxygen atoms in total. The fourth-order valence-electron chi connectivity index (χ4n) is 2.02. The van der Waals surface area contributed by atoms with Crippen LogP contribution in [0, 0.1) is 0 Å². The van der Waals surface area contributed by atoms with Crippen LogP contribution in [-0.2, 0) is 4.79 Å². The Kier molecular flexibility index (Phi) is 6.77. The second-order valence-corrected chi connectivity index (χ2v) is 4.72. The van der Waals surface area contributed by atoms with E-state index in [1.54, 1.807) is 29.2 Å². The van der Waals surface area contributed by atoms with Crippen LogP contribution in [-0.4, -0.2) is 36.3 Å². The monoisotopic (exact) mass is 277 g/mol. The van der Waals surface area contributed by atoms with E-state index in [-0.39, 0.29) is 18.3 Å². The van der Waals surface area contributed by atoms with Crippen molar-refractivity contribution in [3.05, 3.63) is 29.8 Å². The van der Waals surface area contributed by atoms with Crippen molar-refractivity contribution in [2.45, 2.75) is 33.6 Å². The van der Waals surface area contributed by atoms with Crippen molar-refractivity contribution in [1.82, 2.24) is 4.90 Å². The third kappa shape index (κ3) is 4.68. The minimum absolute atomic E-state index is 0.0235. The van der Waals surface area contributed by atoms with Crippen LogP contribution in [0.3, 0.4) is 0 Å². The molecule has 0 N–H and O–H groups in total. The predicted octanol–water partition coefficient (Wildman–Crippen LogP) is 2.92. The van der Waals surface area contributed by atoms with E-state index < -0.39 is 0 Å². The third-order valence-corrected chi connectivity index (χ3v) is 2.96. The Morgan fingerprint density at radius 1 is 1.10 bits per heavy atom. The van der Waals surface area contributed by atoms with Gasteiger partial charge in [0.15, 0.2) is 12.4 Å². The molecule has 1 rings (SSSR count). The van der Waals surface area contributed by atoms with Crippen molar-refractivity contribution < 1.29 is 14.3 Å².